The second kappa shape index (κ2) is 10.6. The Balaban J connectivity index is 1.65. The van der Waals surface area contributed by atoms with E-state index in [1.54, 1.807) is 40.6 Å². The van der Waals surface area contributed by atoms with Crippen LogP contribution >= 0.6 is 11.3 Å². The van der Waals surface area contributed by atoms with Gasteiger partial charge in [0.15, 0.2) is 6.29 Å². The number of carbonyl (C=O) groups excluding carboxylic acids is 3. The van der Waals surface area contributed by atoms with Gasteiger partial charge in [0.1, 0.15) is 29.9 Å². The summed E-state index contributed by atoms with van der Waals surface area (Å²) in [7, 11) is 0. The van der Waals surface area contributed by atoms with Crippen molar-refractivity contribution in [3.63, 3.8) is 0 Å². The highest BCUT2D eigenvalue weighted by molar-refractivity contribution is 7.12. The number of piperazine rings is 1. The Morgan fingerprint density at radius 2 is 1.94 bits per heavy atom. The maximum Gasteiger partial charge on any atom is 0.227 e. The predicted molar refractivity (Wildman–Crippen MR) is 136 cm³/mol. The fraction of sp³-hybridized carbons (Fsp3) is 0.259. The van der Waals surface area contributed by atoms with Crippen molar-refractivity contribution < 1.29 is 24.6 Å². The first-order valence-corrected chi connectivity index (χ1v) is 12.4. The second-order valence-electron chi connectivity index (χ2n) is 8.46. The maximum absolute atomic E-state index is 13.5. The van der Waals surface area contributed by atoms with Crippen LogP contribution in [0.5, 0.6) is 11.5 Å². The van der Waals surface area contributed by atoms with Crippen molar-refractivity contribution in [3.05, 3.63) is 63.3 Å². The fourth-order valence-corrected chi connectivity index (χ4v) is 5.49. The van der Waals surface area contributed by atoms with Gasteiger partial charge in [-0.1, -0.05) is 19.1 Å². The average molecular weight is 504 g/mol. The first-order valence-electron chi connectivity index (χ1n) is 11.5. The minimum Gasteiger partial charge on any atom is -0.508 e. The highest BCUT2D eigenvalue weighted by Crippen LogP contribution is 2.42. The number of nitrogens with zero attached hydrogens (tertiary/aromatic N) is 3. The number of para-hydroxylation sites is 1. The standard InChI is InChI=1S/C27H25N3O5S/c1-2-19-21(27(24(34)12-23(19)33)20-7-10-36-25(20)16-32)11-26(35)29-8-9-30(18(14-29)15-31)22-6-4-3-5-17(22)13-28/h3-7,10,12,15-16,18,33-34H,2,8-9,11,14H2,1H3. The number of phenolic OH excluding ortho intramolecular Hbond substituents is 2. The van der Waals surface area contributed by atoms with E-state index in [1.807, 2.05) is 11.8 Å². The van der Waals surface area contributed by atoms with Crippen molar-refractivity contribution in [1.82, 2.24) is 4.90 Å². The van der Waals surface area contributed by atoms with Gasteiger partial charge in [0, 0.05) is 36.8 Å². The molecule has 1 atom stereocenters. The van der Waals surface area contributed by atoms with Gasteiger partial charge in [-0.05, 0) is 41.1 Å². The van der Waals surface area contributed by atoms with Crippen LogP contribution in [0.4, 0.5) is 5.69 Å². The molecule has 1 unspecified atom stereocenters. The molecule has 2 N–H and O–H groups in total. The van der Waals surface area contributed by atoms with Gasteiger partial charge in [-0.2, -0.15) is 5.26 Å². The van der Waals surface area contributed by atoms with E-state index in [4.69, 9.17) is 0 Å². The molecular formula is C27H25N3O5S. The van der Waals surface area contributed by atoms with Crippen LogP contribution in [0.25, 0.3) is 11.1 Å². The molecule has 9 heteroatoms. The highest BCUT2D eigenvalue weighted by Gasteiger charge is 2.32. The van der Waals surface area contributed by atoms with Crippen LogP contribution in [0.3, 0.4) is 0 Å². The molecule has 0 aliphatic carbocycles. The molecule has 2 aromatic carbocycles. The largest absolute Gasteiger partial charge is 0.508 e. The number of aldehydes is 2. The number of phenols is 2. The van der Waals surface area contributed by atoms with Crippen LogP contribution in [-0.4, -0.2) is 59.3 Å². The SMILES string of the molecule is CCc1c(O)cc(O)c(-c2ccsc2C=O)c1CC(=O)N1CCN(c2ccccc2C#N)C(C=O)C1. The van der Waals surface area contributed by atoms with Gasteiger partial charge in [-0.3, -0.25) is 9.59 Å². The summed E-state index contributed by atoms with van der Waals surface area (Å²) < 4.78 is 0. The molecule has 2 heterocycles. The minimum absolute atomic E-state index is 0.116. The van der Waals surface area contributed by atoms with Crippen LogP contribution < -0.4 is 4.90 Å². The quantitative estimate of drug-likeness (QED) is 0.473. The summed E-state index contributed by atoms with van der Waals surface area (Å²) in [4.78, 5) is 40.9. The number of benzene rings is 2. The molecule has 0 saturated carbocycles. The number of hydrogen-bond acceptors (Lipinski definition) is 8. The molecule has 184 valence electrons. The van der Waals surface area contributed by atoms with E-state index in [-0.39, 0.29) is 30.4 Å². The molecule has 0 radical (unpaired) electrons. The van der Waals surface area contributed by atoms with E-state index in [0.717, 1.165) is 6.29 Å². The monoisotopic (exact) mass is 503 g/mol. The Morgan fingerprint density at radius 3 is 2.64 bits per heavy atom. The summed E-state index contributed by atoms with van der Waals surface area (Å²) in [5, 5.41) is 32.4. The minimum atomic E-state index is -0.626. The molecule has 0 bridgehead atoms. The van der Waals surface area contributed by atoms with Crippen molar-refractivity contribution in [3.8, 4) is 28.7 Å². The van der Waals surface area contributed by atoms with Gasteiger partial charge in [0.05, 0.1) is 22.5 Å². The molecule has 4 rings (SSSR count). The van der Waals surface area contributed by atoms with Crippen molar-refractivity contribution in [2.75, 3.05) is 24.5 Å². The molecule has 1 amide bonds. The maximum atomic E-state index is 13.5. The average Bonchev–Trinajstić information content (AvgIpc) is 3.36. The summed E-state index contributed by atoms with van der Waals surface area (Å²) in [6.45, 7) is 2.68. The topological polar surface area (TPSA) is 122 Å². The first kappa shape index (κ1) is 24.9. The number of carbonyl (C=O) groups is 3. The Bertz CT molecular complexity index is 1360. The molecule has 0 spiro atoms. The van der Waals surface area contributed by atoms with Gasteiger partial charge < -0.3 is 24.8 Å². The molecule has 1 fully saturated rings. The number of anilines is 1. The lowest BCUT2D eigenvalue weighted by molar-refractivity contribution is -0.131. The molecule has 1 aliphatic heterocycles. The third kappa shape index (κ3) is 4.55. The molecule has 1 aromatic heterocycles. The first-order chi connectivity index (χ1) is 17.4. The van der Waals surface area contributed by atoms with Crippen molar-refractivity contribution in [2.24, 2.45) is 0 Å². The molecular weight excluding hydrogens is 478 g/mol. The lowest BCUT2D eigenvalue weighted by Gasteiger charge is -2.40. The third-order valence-electron chi connectivity index (χ3n) is 6.52. The van der Waals surface area contributed by atoms with E-state index in [1.165, 1.54) is 17.4 Å². The lowest BCUT2D eigenvalue weighted by atomic mass is 9.90. The predicted octanol–water partition coefficient (Wildman–Crippen LogP) is 3.53. The number of thiophene rings is 1. The van der Waals surface area contributed by atoms with E-state index in [9.17, 15) is 29.9 Å². The summed E-state index contributed by atoms with van der Waals surface area (Å²) in [6.07, 6.45) is 1.78. The normalized spacial score (nSPS) is 15.4. The summed E-state index contributed by atoms with van der Waals surface area (Å²) in [5.41, 5.74) is 2.95. The highest BCUT2D eigenvalue weighted by atomic mass is 32.1. The van der Waals surface area contributed by atoms with Crippen LogP contribution in [0.1, 0.15) is 33.3 Å². The Morgan fingerprint density at radius 1 is 1.17 bits per heavy atom. The lowest BCUT2D eigenvalue weighted by Crippen LogP contribution is -2.56. The van der Waals surface area contributed by atoms with Crippen molar-refractivity contribution >= 4 is 35.5 Å². The number of aromatic hydroxyl groups is 2. The van der Waals surface area contributed by atoms with E-state index in [2.05, 4.69) is 6.07 Å². The molecule has 1 aliphatic rings. The van der Waals surface area contributed by atoms with Crippen LogP contribution in [0.15, 0.2) is 41.8 Å². The van der Waals surface area contributed by atoms with Crippen LogP contribution in [-0.2, 0) is 22.4 Å². The third-order valence-corrected chi connectivity index (χ3v) is 7.36. The second-order valence-corrected chi connectivity index (χ2v) is 9.41. The smallest absolute Gasteiger partial charge is 0.227 e. The number of amides is 1. The van der Waals surface area contributed by atoms with Gasteiger partial charge in [-0.15, -0.1) is 11.3 Å². The van der Waals surface area contributed by atoms with E-state index in [0.29, 0.717) is 64.2 Å². The van der Waals surface area contributed by atoms with Gasteiger partial charge in [-0.25, -0.2) is 0 Å². The zero-order valence-electron chi connectivity index (χ0n) is 19.7. The van der Waals surface area contributed by atoms with Gasteiger partial charge >= 0.3 is 0 Å². The molecule has 36 heavy (non-hydrogen) atoms. The summed E-state index contributed by atoms with van der Waals surface area (Å²) >= 11 is 1.23. The van der Waals surface area contributed by atoms with Crippen molar-refractivity contribution in [2.45, 2.75) is 25.8 Å². The van der Waals surface area contributed by atoms with Gasteiger partial charge in [0.2, 0.25) is 5.91 Å². The zero-order chi connectivity index (χ0) is 25.8. The van der Waals surface area contributed by atoms with Crippen LogP contribution in [0, 0.1) is 11.3 Å². The van der Waals surface area contributed by atoms with Crippen molar-refractivity contribution in [1.29, 1.82) is 5.26 Å². The number of nitriles is 1. The zero-order valence-corrected chi connectivity index (χ0v) is 20.5. The van der Waals surface area contributed by atoms with E-state index >= 15 is 0 Å². The van der Waals surface area contributed by atoms with E-state index < -0.39 is 6.04 Å². The number of hydrogen-bond donors (Lipinski definition) is 2. The summed E-state index contributed by atoms with van der Waals surface area (Å²) in [6, 6.07) is 11.5. The van der Waals surface area contributed by atoms with Crippen LogP contribution in [0.2, 0.25) is 0 Å². The van der Waals surface area contributed by atoms with Gasteiger partial charge in [0.25, 0.3) is 0 Å². The summed E-state index contributed by atoms with van der Waals surface area (Å²) in [5.74, 6) is -0.593. The molecule has 3 aromatic rings. The fourth-order valence-electron chi connectivity index (χ4n) is 4.79. The Labute approximate surface area is 212 Å². The molecule has 1 saturated heterocycles. The molecule has 8 nitrogen and oxygen atoms in total. The number of rotatable bonds is 7. The Hall–Kier alpha value is -4.16. The Kier molecular flexibility index (Phi) is 7.36.